The molecule has 0 saturated heterocycles. The van der Waals surface area contributed by atoms with Gasteiger partial charge in [0, 0.05) is 30.2 Å². The fourth-order valence-electron chi connectivity index (χ4n) is 3.85. The topological polar surface area (TPSA) is 76.8 Å². The third kappa shape index (κ3) is 7.33. The van der Waals surface area contributed by atoms with Crippen LogP contribution in [-0.2, 0) is 24.4 Å². The van der Waals surface area contributed by atoms with Crippen LogP contribution in [0.25, 0.3) is 0 Å². The molecule has 0 spiro atoms. The summed E-state index contributed by atoms with van der Waals surface area (Å²) >= 11 is 5.99. The minimum Gasteiger partial charge on any atom is -0.473 e. The number of hydrogen-bond acceptors (Lipinski definition) is 5. The normalized spacial score (nSPS) is 15.5. The zero-order valence-electron chi connectivity index (χ0n) is 19.7. The molecule has 1 aliphatic carbocycles. The molecule has 1 N–H and O–H groups in total. The minimum atomic E-state index is -0.699. The zero-order chi connectivity index (χ0) is 24.2. The van der Waals surface area contributed by atoms with E-state index >= 15 is 0 Å². The van der Waals surface area contributed by atoms with E-state index in [9.17, 15) is 14.3 Å². The molecule has 1 aromatic heterocycles. The summed E-state index contributed by atoms with van der Waals surface area (Å²) in [6.07, 6.45) is 3.65. The highest BCUT2D eigenvalue weighted by Gasteiger charge is 2.31. The number of carbonyl (C=O) groups is 1. The number of carbonyl (C=O) groups excluding carboxylic acids is 1. The van der Waals surface area contributed by atoms with Crippen molar-refractivity contribution in [1.29, 1.82) is 0 Å². The Balaban J connectivity index is 1.74. The Kier molecular flexibility index (Phi) is 7.90. The maximum Gasteiger partial charge on any atom is 0.410 e. The summed E-state index contributed by atoms with van der Waals surface area (Å²) in [7, 11) is 1.64. The number of nitrogens with zero attached hydrogens (tertiary/aromatic N) is 3. The number of rotatable bonds is 8. The molecular formula is C24H33ClFN3O4. The zero-order valence-corrected chi connectivity index (χ0v) is 20.5. The van der Waals surface area contributed by atoms with E-state index in [0.29, 0.717) is 35.1 Å². The average molecular weight is 482 g/mol. The van der Waals surface area contributed by atoms with Crippen LogP contribution in [0.2, 0.25) is 5.02 Å². The smallest absolute Gasteiger partial charge is 0.410 e. The molecule has 1 amide bonds. The van der Waals surface area contributed by atoms with Crippen molar-refractivity contribution in [3.05, 3.63) is 46.4 Å². The van der Waals surface area contributed by atoms with Crippen molar-refractivity contribution in [3.8, 4) is 5.88 Å². The number of ether oxygens (including phenoxy) is 2. The van der Waals surface area contributed by atoms with Crippen LogP contribution >= 0.6 is 11.6 Å². The second-order valence-electron chi connectivity index (χ2n) is 9.74. The summed E-state index contributed by atoms with van der Waals surface area (Å²) in [5.41, 5.74) is -0.368. The molecule has 1 heterocycles. The molecule has 1 aliphatic rings. The van der Waals surface area contributed by atoms with Gasteiger partial charge in [-0.3, -0.25) is 0 Å². The summed E-state index contributed by atoms with van der Waals surface area (Å²) in [5, 5.41) is 15.7. The number of benzene rings is 1. The van der Waals surface area contributed by atoms with Gasteiger partial charge in [-0.15, -0.1) is 0 Å². The summed E-state index contributed by atoms with van der Waals surface area (Å²) < 4.78 is 27.1. The lowest BCUT2D eigenvalue weighted by Gasteiger charge is -2.24. The molecule has 0 radical (unpaired) electrons. The molecule has 7 nitrogen and oxygen atoms in total. The monoisotopic (exact) mass is 481 g/mol. The second kappa shape index (κ2) is 10.3. The number of amides is 1. The predicted molar refractivity (Wildman–Crippen MR) is 124 cm³/mol. The lowest BCUT2D eigenvalue weighted by atomic mass is 9.98. The molecule has 33 heavy (non-hydrogen) atoms. The van der Waals surface area contributed by atoms with Crippen LogP contribution in [0.1, 0.15) is 64.1 Å². The van der Waals surface area contributed by atoms with Crippen LogP contribution in [0.4, 0.5) is 9.18 Å². The Bertz CT molecular complexity index is 967. The Morgan fingerprint density at radius 2 is 2.00 bits per heavy atom. The van der Waals surface area contributed by atoms with Gasteiger partial charge < -0.3 is 19.5 Å². The van der Waals surface area contributed by atoms with Crippen molar-refractivity contribution < 1.29 is 23.8 Å². The number of aromatic nitrogens is 2. The first-order valence-electron chi connectivity index (χ1n) is 11.2. The fraction of sp³-hybridized carbons (Fsp3) is 0.583. The Morgan fingerprint density at radius 3 is 2.67 bits per heavy atom. The third-order valence-electron chi connectivity index (χ3n) is 5.60. The first-order valence-corrected chi connectivity index (χ1v) is 11.6. The van der Waals surface area contributed by atoms with Crippen molar-refractivity contribution in [3.63, 3.8) is 0 Å². The fourth-order valence-corrected chi connectivity index (χ4v) is 4.05. The van der Waals surface area contributed by atoms with Gasteiger partial charge in [0.2, 0.25) is 5.88 Å². The van der Waals surface area contributed by atoms with Crippen LogP contribution in [0.3, 0.4) is 0 Å². The molecule has 2 aromatic rings. The predicted octanol–water partition coefficient (Wildman–Crippen LogP) is 5.32. The van der Waals surface area contributed by atoms with E-state index in [-0.39, 0.29) is 13.2 Å². The quantitative estimate of drug-likeness (QED) is 0.552. The summed E-state index contributed by atoms with van der Waals surface area (Å²) in [6.45, 7) is 6.06. The van der Waals surface area contributed by atoms with E-state index in [1.54, 1.807) is 17.8 Å². The first-order chi connectivity index (χ1) is 15.4. The molecule has 3 rings (SSSR count). The van der Waals surface area contributed by atoms with Crippen molar-refractivity contribution in [2.75, 3.05) is 7.05 Å². The van der Waals surface area contributed by atoms with E-state index in [1.165, 1.54) is 23.1 Å². The Morgan fingerprint density at radius 1 is 1.30 bits per heavy atom. The van der Waals surface area contributed by atoms with Crippen molar-refractivity contribution in [2.24, 2.45) is 0 Å². The molecule has 182 valence electrons. The molecule has 0 atom stereocenters. The number of aliphatic hydroxyl groups is 1. The van der Waals surface area contributed by atoms with Crippen LogP contribution in [0, 0.1) is 5.82 Å². The number of aryl methyl sites for hydroxylation is 1. The van der Waals surface area contributed by atoms with E-state index in [1.807, 2.05) is 20.8 Å². The van der Waals surface area contributed by atoms with Gasteiger partial charge in [-0.05, 0) is 58.2 Å². The number of halogens is 2. The van der Waals surface area contributed by atoms with Crippen LogP contribution in [-0.4, -0.2) is 44.1 Å². The SMILES string of the molecule is CN(Cc1cc(OCc2cc(Cl)ccc2F)n(CCC2(O)CCCC2)n1)C(=O)OC(C)(C)C. The first kappa shape index (κ1) is 25.3. The van der Waals surface area contributed by atoms with Crippen molar-refractivity contribution in [2.45, 2.75) is 83.8 Å². The molecule has 1 aromatic carbocycles. The molecule has 9 heteroatoms. The average Bonchev–Trinajstić information content (AvgIpc) is 3.32. The molecular weight excluding hydrogens is 449 g/mol. The standard InChI is InChI=1S/C24H33ClFN3O4/c1-23(2,3)33-22(30)28(4)15-19-14-21(32-16-17-13-18(25)7-8-20(17)26)29(27-19)12-11-24(31)9-5-6-10-24/h7-8,13-14,31H,5-6,9-12,15-16H2,1-4H3. The lowest BCUT2D eigenvalue weighted by molar-refractivity contribution is 0.0282. The van der Waals surface area contributed by atoms with Gasteiger partial charge in [-0.2, -0.15) is 5.10 Å². The van der Waals surface area contributed by atoms with E-state index in [0.717, 1.165) is 25.7 Å². The minimum absolute atomic E-state index is 0.0241. The highest BCUT2D eigenvalue weighted by atomic mass is 35.5. The highest BCUT2D eigenvalue weighted by molar-refractivity contribution is 6.30. The van der Waals surface area contributed by atoms with Crippen LogP contribution in [0.5, 0.6) is 5.88 Å². The summed E-state index contributed by atoms with van der Waals surface area (Å²) in [6, 6.07) is 6.03. The van der Waals surface area contributed by atoms with Gasteiger partial charge in [0.15, 0.2) is 0 Å². The molecule has 1 saturated carbocycles. The molecule has 1 fully saturated rings. The van der Waals surface area contributed by atoms with Crippen molar-refractivity contribution in [1.82, 2.24) is 14.7 Å². The van der Waals surface area contributed by atoms with E-state index in [2.05, 4.69) is 5.10 Å². The largest absolute Gasteiger partial charge is 0.473 e. The summed E-state index contributed by atoms with van der Waals surface area (Å²) in [4.78, 5) is 13.8. The van der Waals surface area contributed by atoms with Gasteiger partial charge in [0.05, 0.1) is 17.8 Å². The van der Waals surface area contributed by atoms with Gasteiger partial charge in [-0.1, -0.05) is 24.4 Å². The van der Waals surface area contributed by atoms with Crippen LogP contribution in [0.15, 0.2) is 24.3 Å². The van der Waals surface area contributed by atoms with Gasteiger partial charge in [-0.25, -0.2) is 13.9 Å². The number of hydrogen-bond donors (Lipinski definition) is 1. The van der Waals surface area contributed by atoms with E-state index < -0.39 is 23.1 Å². The van der Waals surface area contributed by atoms with Gasteiger partial charge in [0.1, 0.15) is 18.0 Å². The third-order valence-corrected chi connectivity index (χ3v) is 5.84. The Labute approximate surface area is 199 Å². The Hall–Kier alpha value is -2.32. The van der Waals surface area contributed by atoms with E-state index in [4.69, 9.17) is 21.1 Å². The van der Waals surface area contributed by atoms with Gasteiger partial charge >= 0.3 is 6.09 Å². The summed E-state index contributed by atoms with van der Waals surface area (Å²) in [5.74, 6) is 0.0270. The maximum absolute atomic E-state index is 14.1. The molecule has 0 aliphatic heterocycles. The van der Waals surface area contributed by atoms with Crippen molar-refractivity contribution >= 4 is 17.7 Å². The molecule has 0 bridgehead atoms. The van der Waals surface area contributed by atoms with Gasteiger partial charge in [0.25, 0.3) is 0 Å². The highest BCUT2D eigenvalue weighted by Crippen LogP contribution is 2.33. The second-order valence-corrected chi connectivity index (χ2v) is 10.2. The van der Waals surface area contributed by atoms with Crippen LogP contribution < -0.4 is 4.74 Å². The lowest BCUT2D eigenvalue weighted by Crippen LogP contribution is -2.34. The maximum atomic E-state index is 14.1. The molecule has 0 unspecified atom stereocenters.